The summed E-state index contributed by atoms with van der Waals surface area (Å²) in [5.41, 5.74) is 3.40. The average Bonchev–Trinajstić information content (AvgIpc) is 3.05. The fraction of sp³-hybridized carbons (Fsp3) is 0.300. The van der Waals surface area contributed by atoms with Gasteiger partial charge in [0, 0.05) is 11.6 Å². The van der Waals surface area contributed by atoms with Gasteiger partial charge in [0.1, 0.15) is 5.82 Å². The number of carbonyl (C=O) groups excluding carboxylic acids is 1. The van der Waals surface area contributed by atoms with Crippen molar-refractivity contribution in [2.45, 2.75) is 26.2 Å². The number of ether oxygens (including phenoxy) is 2. The number of nitrogens with zero attached hydrogens (tertiary/aromatic N) is 1. The van der Waals surface area contributed by atoms with Crippen LogP contribution in [0.4, 0.5) is 5.69 Å². The largest absolute Gasteiger partial charge is 0.493 e. The molecule has 3 aromatic rings. The standard InChI is InChI=1S/C20H23N3O3/c1-12(2)20-22-15-7-6-14(11-16(15)23-20)21-19(24)10-13-5-8-17(25-3)18(9-13)26-4/h5-9,11-12H,10H2,1-4H3,(H,21,24)(H,22,23). The summed E-state index contributed by atoms with van der Waals surface area (Å²) in [4.78, 5) is 20.2. The molecule has 0 atom stereocenters. The van der Waals surface area contributed by atoms with Gasteiger partial charge in [0.2, 0.25) is 5.91 Å². The van der Waals surface area contributed by atoms with Gasteiger partial charge in [0.25, 0.3) is 0 Å². The van der Waals surface area contributed by atoms with E-state index in [1.165, 1.54) is 0 Å². The second-order valence-electron chi connectivity index (χ2n) is 6.42. The monoisotopic (exact) mass is 353 g/mol. The van der Waals surface area contributed by atoms with Crippen LogP contribution >= 0.6 is 0 Å². The van der Waals surface area contributed by atoms with Crippen LogP contribution < -0.4 is 14.8 Å². The Morgan fingerprint density at radius 1 is 1.12 bits per heavy atom. The van der Waals surface area contributed by atoms with Gasteiger partial charge >= 0.3 is 0 Å². The van der Waals surface area contributed by atoms with Crippen molar-refractivity contribution in [3.05, 3.63) is 47.8 Å². The smallest absolute Gasteiger partial charge is 0.228 e. The van der Waals surface area contributed by atoms with Gasteiger partial charge in [-0.25, -0.2) is 4.98 Å². The lowest BCUT2D eigenvalue weighted by Crippen LogP contribution is -2.14. The molecule has 0 unspecified atom stereocenters. The van der Waals surface area contributed by atoms with E-state index < -0.39 is 0 Å². The Morgan fingerprint density at radius 3 is 2.58 bits per heavy atom. The van der Waals surface area contributed by atoms with Gasteiger partial charge in [0.15, 0.2) is 11.5 Å². The summed E-state index contributed by atoms with van der Waals surface area (Å²) < 4.78 is 10.5. The van der Waals surface area contributed by atoms with E-state index in [2.05, 4.69) is 29.1 Å². The van der Waals surface area contributed by atoms with Gasteiger partial charge < -0.3 is 19.8 Å². The van der Waals surface area contributed by atoms with E-state index in [0.717, 1.165) is 28.1 Å². The first-order valence-corrected chi connectivity index (χ1v) is 8.50. The molecule has 1 aromatic heterocycles. The molecular weight excluding hydrogens is 330 g/mol. The Morgan fingerprint density at radius 2 is 1.88 bits per heavy atom. The molecule has 0 spiro atoms. The Labute approximate surface area is 152 Å². The van der Waals surface area contributed by atoms with Crippen LogP contribution in [0.3, 0.4) is 0 Å². The lowest BCUT2D eigenvalue weighted by atomic mass is 10.1. The quantitative estimate of drug-likeness (QED) is 0.705. The van der Waals surface area contributed by atoms with Crippen LogP contribution in [0.25, 0.3) is 11.0 Å². The van der Waals surface area contributed by atoms with Gasteiger partial charge in [-0.1, -0.05) is 19.9 Å². The summed E-state index contributed by atoms with van der Waals surface area (Å²) in [5.74, 6) is 2.42. The molecule has 0 aliphatic rings. The van der Waals surface area contributed by atoms with Crippen molar-refractivity contribution in [1.29, 1.82) is 0 Å². The summed E-state index contributed by atoms with van der Waals surface area (Å²) in [6.07, 6.45) is 0.249. The molecule has 1 amide bonds. The minimum Gasteiger partial charge on any atom is -0.493 e. The number of benzene rings is 2. The third-order valence-electron chi connectivity index (χ3n) is 4.14. The zero-order valence-corrected chi connectivity index (χ0v) is 15.4. The molecule has 2 aromatic carbocycles. The predicted octanol–water partition coefficient (Wildman–Crippen LogP) is 3.88. The molecule has 0 aliphatic carbocycles. The van der Waals surface area contributed by atoms with Crippen LogP contribution in [-0.4, -0.2) is 30.1 Å². The Kier molecular flexibility index (Phi) is 5.11. The van der Waals surface area contributed by atoms with Crippen molar-refractivity contribution in [3.63, 3.8) is 0 Å². The maximum absolute atomic E-state index is 12.4. The van der Waals surface area contributed by atoms with E-state index in [9.17, 15) is 4.79 Å². The van der Waals surface area contributed by atoms with E-state index in [0.29, 0.717) is 17.4 Å². The molecule has 2 N–H and O–H groups in total. The molecule has 6 heteroatoms. The van der Waals surface area contributed by atoms with Gasteiger partial charge in [-0.15, -0.1) is 0 Å². The molecule has 1 heterocycles. The number of nitrogens with one attached hydrogen (secondary N) is 2. The van der Waals surface area contributed by atoms with Crippen LogP contribution in [0.15, 0.2) is 36.4 Å². The minimum atomic E-state index is -0.0971. The molecule has 3 rings (SSSR count). The fourth-order valence-electron chi connectivity index (χ4n) is 2.76. The third kappa shape index (κ3) is 3.79. The lowest BCUT2D eigenvalue weighted by Gasteiger charge is -2.10. The molecule has 0 fully saturated rings. The van der Waals surface area contributed by atoms with Crippen molar-refractivity contribution >= 4 is 22.6 Å². The number of aromatic nitrogens is 2. The van der Waals surface area contributed by atoms with Crippen LogP contribution in [-0.2, 0) is 11.2 Å². The molecule has 0 radical (unpaired) electrons. The summed E-state index contributed by atoms with van der Waals surface area (Å²) in [6.45, 7) is 4.17. The predicted molar refractivity (Wildman–Crippen MR) is 102 cm³/mol. The maximum atomic E-state index is 12.4. The first kappa shape index (κ1) is 17.8. The first-order chi connectivity index (χ1) is 12.5. The highest BCUT2D eigenvalue weighted by Crippen LogP contribution is 2.28. The Balaban J connectivity index is 1.72. The number of aromatic amines is 1. The van der Waals surface area contributed by atoms with Crippen molar-refractivity contribution in [2.75, 3.05) is 19.5 Å². The highest BCUT2D eigenvalue weighted by atomic mass is 16.5. The van der Waals surface area contributed by atoms with E-state index in [-0.39, 0.29) is 12.3 Å². The number of fused-ring (bicyclic) bond motifs is 1. The zero-order chi connectivity index (χ0) is 18.7. The highest BCUT2D eigenvalue weighted by molar-refractivity contribution is 5.94. The van der Waals surface area contributed by atoms with Gasteiger partial charge in [-0.2, -0.15) is 0 Å². The number of rotatable bonds is 6. The molecule has 6 nitrogen and oxygen atoms in total. The number of H-pyrrole nitrogens is 1. The number of hydrogen-bond acceptors (Lipinski definition) is 4. The third-order valence-corrected chi connectivity index (χ3v) is 4.14. The van der Waals surface area contributed by atoms with E-state index in [1.807, 2.05) is 30.3 Å². The van der Waals surface area contributed by atoms with Gasteiger partial charge in [0.05, 0.1) is 31.7 Å². The molecule has 26 heavy (non-hydrogen) atoms. The van der Waals surface area contributed by atoms with Crippen molar-refractivity contribution in [3.8, 4) is 11.5 Å². The van der Waals surface area contributed by atoms with Gasteiger partial charge in [-0.3, -0.25) is 4.79 Å². The lowest BCUT2D eigenvalue weighted by molar-refractivity contribution is -0.115. The Bertz CT molecular complexity index is 931. The number of carbonyl (C=O) groups is 1. The van der Waals surface area contributed by atoms with Crippen molar-refractivity contribution < 1.29 is 14.3 Å². The van der Waals surface area contributed by atoms with E-state index >= 15 is 0 Å². The zero-order valence-electron chi connectivity index (χ0n) is 15.4. The van der Waals surface area contributed by atoms with E-state index in [1.54, 1.807) is 20.3 Å². The second-order valence-corrected chi connectivity index (χ2v) is 6.42. The molecule has 0 bridgehead atoms. The first-order valence-electron chi connectivity index (χ1n) is 8.50. The SMILES string of the molecule is COc1ccc(CC(=O)Nc2ccc3nc(C(C)C)[nH]c3c2)cc1OC. The van der Waals surface area contributed by atoms with Crippen LogP contribution in [0, 0.1) is 0 Å². The van der Waals surface area contributed by atoms with Crippen molar-refractivity contribution in [2.24, 2.45) is 0 Å². The van der Waals surface area contributed by atoms with Crippen LogP contribution in [0.1, 0.15) is 31.2 Å². The molecule has 0 saturated carbocycles. The summed E-state index contributed by atoms with van der Waals surface area (Å²) >= 11 is 0. The van der Waals surface area contributed by atoms with E-state index in [4.69, 9.17) is 9.47 Å². The summed E-state index contributed by atoms with van der Waals surface area (Å²) in [6, 6.07) is 11.1. The van der Waals surface area contributed by atoms with Crippen LogP contribution in [0.2, 0.25) is 0 Å². The second kappa shape index (κ2) is 7.47. The fourth-order valence-corrected chi connectivity index (χ4v) is 2.76. The molecule has 136 valence electrons. The average molecular weight is 353 g/mol. The summed E-state index contributed by atoms with van der Waals surface area (Å²) in [5, 5.41) is 2.93. The van der Waals surface area contributed by atoms with Crippen LogP contribution in [0.5, 0.6) is 11.5 Å². The number of amides is 1. The number of imidazole rings is 1. The van der Waals surface area contributed by atoms with Crippen molar-refractivity contribution in [1.82, 2.24) is 9.97 Å². The number of anilines is 1. The molecule has 0 aliphatic heterocycles. The number of hydrogen-bond donors (Lipinski definition) is 2. The highest BCUT2D eigenvalue weighted by Gasteiger charge is 2.10. The maximum Gasteiger partial charge on any atom is 0.228 e. The molecular formula is C20H23N3O3. The summed E-state index contributed by atoms with van der Waals surface area (Å²) in [7, 11) is 3.16. The minimum absolute atomic E-state index is 0.0971. The number of methoxy groups -OCH3 is 2. The molecule has 0 saturated heterocycles. The topological polar surface area (TPSA) is 76.2 Å². The van der Waals surface area contributed by atoms with Gasteiger partial charge in [-0.05, 0) is 35.9 Å². The Hall–Kier alpha value is -3.02. The normalized spacial score (nSPS) is 11.0.